The summed E-state index contributed by atoms with van der Waals surface area (Å²) in [4.78, 5) is 11.6. The molecular weight excluding hydrogens is 264 g/mol. The van der Waals surface area contributed by atoms with Crippen LogP contribution in [0.4, 0.5) is 4.79 Å². The molecule has 0 aromatic heterocycles. The van der Waals surface area contributed by atoms with E-state index < -0.39 is 6.10 Å². The lowest BCUT2D eigenvalue weighted by Gasteiger charge is -2.12. The Kier molecular flexibility index (Phi) is 5.79. The standard InChI is InChI=1S/C17H20N2O2/c20-16(15-9-5-2-6-10-15)11-12-18-17(21)19-13-14-7-3-1-4-8-14/h1-10,16,20H,11-13H2,(H2,18,19,21)/t16-/m0/s1. The number of hydrogen-bond donors (Lipinski definition) is 3. The molecule has 4 nitrogen and oxygen atoms in total. The molecule has 3 N–H and O–H groups in total. The van der Waals surface area contributed by atoms with Crippen molar-refractivity contribution in [3.63, 3.8) is 0 Å². The van der Waals surface area contributed by atoms with Crippen molar-refractivity contribution in [2.75, 3.05) is 6.54 Å². The van der Waals surface area contributed by atoms with Gasteiger partial charge in [0.05, 0.1) is 6.10 Å². The second-order valence-corrected chi connectivity index (χ2v) is 4.81. The molecule has 2 amide bonds. The van der Waals surface area contributed by atoms with Gasteiger partial charge in [-0.25, -0.2) is 4.79 Å². The second-order valence-electron chi connectivity index (χ2n) is 4.81. The van der Waals surface area contributed by atoms with Crippen LogP contribution in [0.2, 0.25) is 0 Å². The third kappa shape index (κ3) is 5.28. The SMILES string of the molecule is O=C(NCC[C@H](O)c1ccccc1)NCc1ccccc1. The van der Waals surface area contributed by atoms with E-state index in [0.29, 0.717) is 19.5 Å². The molecule has 0 saturated heterocycles. The van der Waals surface area contributed by atoms with Crippen LogP contribution in [-0.4, -0.2) is 17.7 Å². The van der Waals surface area contributed by atoms with Crippen molar-refractivity contribution in [1.82, 2.24) is 10.6 Å². The Labute approximate surface area is 124 Å². The number of rotatable bonds is 6. The lowest BCUT2D eigenvalue weighted by Crippen LogP contribution is -2.36. The molecule has 0 aliphatic carbocycles. The maximum Gasteiger partial charge on any atom is 0.315 e. The summed E-state index contributed by atoms with van der Waals surface area (Å²) in [5.74, 6) is 0. The lowest BCUT2D eigenvalue weighted by molar-refractivity contribution is 0.167. The van der Waals surface area contributed by atoms with Crippen LogP contribution in [0.5, 0.6) is 0 Å². The Hall–Kier alpha value is -2.33. The van der Waals surface area contributed by atoms with Crippen molar-refractivity contribution < 1.29 is 9.90 Å². The number of carbonyl (C=O) groups is 1. The van der Waals surface area contributed by atoms with Gasteiger partial charge in [-0.1, -0.05) is 60.7 Å². The molecule has 0 aliphatic heterocycles. The van der Waals surface area contributed by atoms with Crippen LogP contribution in [0.25, 0.3) is 0 Å². The van der Waals surface area contributed by atoms with E-state index in [1.54, 1.807) is 0 Å². The second kappa shape index (κ2) is 8.07. The first-order valence-corrected chi connectivity index (χ1v) is 7.04. The van der Waals surface area contributed by atoms with Gasteiger partial charge in [0.2, 0.25) is 0 Å². The van der Waals surface area contributed by atoms with Gasteiger partial charge in [-0.2, -0.15) is 0 Å². The van der Waals surface area contributed by atoms with Crippen molar-refractivity contribution >= 4 is 6.03 Å². The normalized spacial score (nSPS) is 11.7. The number of amides is 2. The van der Waals surface area contributed by atoms with Gasteiger partial charge >= 0.3 is 6.03 Å². The van der Waals surface area contributed by atoms with Crippen LogP contribution in [-0.2, 0) is 6.54 Å². The minimum Gasteiger partial charge on any atom is -0.388 e. The van der Waals surface area contributed by atoms with Crippen LogP contribution in [0, 0.1) is 0 Å². The zero-order chi connectivity index (χ0) is 14.9. The molecule has 0 fully saturated rings. The zero-order valence-electron chi connectivity index (χ0n) is 11.8. The fourth-order valence-corrected chi connectivity index (χ4v) is 2.00. The molecule has 21 heavy (non-hydrogen) atoms. The van der Waals surface area contributed by atoms with Gasteiger partial charge in [0, 0.05) is 13.1 Å². The highest BCUT2D eigenvalue weighted by molar-refractivity contribution is 5.73. The Morgan fingerprint density at radius 2 is 1.57 bits per heavy atom. The fourth-order valence-electron chi connectivity index (χ4n) is 2.00. The summed E-state index contributed by atoms with van der Waals surface area (Å²) in [6.45, 7) is 0.921. The lowest BCUT2D eigenvalue weighted by atomic mass is 10.1. The van der Waals surface area contributed by atoms with Crippen molar-refractivity contribution in [3.8, 4) is 0 Å². The van der Waals surface area contributed by atoms with E-state index in [9.17, 15) is 9.90 Å². The maximum atomic E-state index is 11.6. The van der Waals surface area contributed by atoms with Gasteiger partial charge in [-0.15, -0.1) is 0 Å². The van der Waals surface area contributed by atoms with E-state index in [4.69, 9.17) is 0 Å². The van der Waals surface area contributed by atoms with Crippen molar-refractivity contribution in [3.05, 3.63) is 71.8 Å². The Bertz CT molecular complexity index is 543. The van der Waals surface area contributed by atoms with E-state index in [1.807, 2.05) is 60.7 Å². The minimum atomic E-state index is -0.555. The largest absolute Gasteiger partial charge is 0.388 e. The Morgan fingerprint density at radius 1 is 0.952 bits per heavy atom. The average Bonchev–Trinajstić information content (AvgIpc) is 2.54. The molecule has 0 heterocycles. The number of nitrogens with one attached hydrogen (secondary N) is 2. The van der Waals surface area contributed by atoms with Gasteiger partial charge in [0.15, 0.2) is 0 Å². The molecule has 2 aromatic carbocycles. The van der Waals surface area contributed by atoms with Gasteiger partial charge in [-0.05, 0) is 17.5 Å². The first-order chi connectivity index (χ1) is 10.3. The fraction of sp³-hybridized carbons (Fsp3) is 0.235. The van der Waals surface area contributed by atoms with E-state index in [0.717, 1.165) is 11.1 Å². The summed E-state index contributed by atoms with van der Waals surface area (Å²) in [7, 11) is 0. The highest BCUT2D eigenvalue weighted by atomic mass is 16.3. The molecule has 1 atom stereocenters. The highest BCUT2D eigenvalue weighted by Gasteiger charge is 2.07. The zero-order valence-corrected chi connectivity index (χ0v) is 11.8. The van der Waals surface area contributed by atoms with Crippen LogP contribution >= 0.6 is 0 Å². The highest BCUT2D eigenvalue weighted by Crippen LogP contribution is 2.14. The van der Waals surface area contributed by atoms with Gasteiger partial charge in [0.25, 0.3) is 0 Å². The van der Waals surface area contributed by atoms with Gasteiger partial charge in [0.1, 0.15) is 0 Å². The first kappa shape index (κ1) is 15.1. The van der Waals surface area contributed by atoms with Crippen LogP contribution in [0.3, 0.4) is 0 Å². The number of aliphatic hydroxyl groups excluding tert-OH is 1. The molecule has 0 unspecified atom stereocenters. The molecule has 0 radical (unpaired) electrons. The topological polar surface area (TPSA) is 61.4 Å². The third-order valence-electron chi connectivity index (χ3n) is 3.18. The summed E-state index contributed by atoms with van der Waals surface area (Å²) in [6, 6.07) is 18.9. The van der Waals surface area contributed by atoms with Crippen molar-refractivity contribution in [2.45, 2.75) is 19.1 Å². The van der Waals surface area contributed by atoms with Gasteiger partial charge < -0.3 is 15.7 Å². The molecule has 2 aromatic rings. The average molecular weight is 284 g/mol. The summed E-state index contributed by atoms with van der Waals surface area (Å²) in [5.41, 5.74) is 1.92. The molecule has 0 aliphatic rings. The summed E-state index contributed by atoms with van der Waals surface area (Å²) >= 11 is 0. The molecule has 0 spiro atoms. The smallest absolute Gasteiger partial charge is 0.315 e. The van der Waals surface area contributed by atoms with E-state index in [-0.39, 0.29) is 6.03 Å². The van der Waals surface area contributed by atoms with Crippen molar-refractivity contribution in [1.29, 1.82) is 0 Å². The summed E-state index contributed by atoms with van der Waals surface area (Å²) in [6.07, 6.45) is -0.0661. The Morgan fingerprint density at radius 3 is 2.24 bits per heavy atom. The van der Waals surface area contributed by atoms with Gasteiger partial charge in [-0.3, -0.25) is 0 Å². The number of benzene rings is 2. The number of urea groups is 1. The molecule has 4 heteroatoms. The molecule has 0 saturated carbocycles. The van der Waals surface area contributed by atoms with Crippen LogP contribution in [0.15, 0.2) is 60.7 Å². The maximum absolute atomic E-state index is 11.6. The molecule has 2 rings (SSSR count). The molecular formula is C17H20N2O2. The summed E-state index contributed by atoms with van der Waals surface area (Å²) < 4.78 is 0. The quantitative estimate of drug-likeness (QED) is 0.763. The van der Waals surface area contributed by atoms with E-state index in [1.165, 1.54) is 0 Å². The molecule has 110 valence electrons. The van der Waals surface area contributed by atoms with Crippen LogP contribution in [0.1, 0.15) is 23.7 Å². The number of carbonyl (C=O) groups excluding carboxylic acids is 1. The third-order valence-corrected chi connectivity index (χ3v) is 3.18. The summed E-state index contributed by atoms with van der Waals surface area (Å²) in [5, 5.41) is 15.5. The first-order valence-electron chi connectivity index (χ1n) is 7.04. The minimum absolute atomic E-state index is 0.223. The monoisotopic (exact) mass is 284 g/mol. The molecule has 0 bridgehead atoms. The van der Waals surface area contributed by atoms with E-state index in [2.05, 4.69) is 10.6 Å². The predicted molar refractivity (Wildman–Crippen MR) is 82.7 cm³/mol. The van der Waals surface area contributed by atoms with Crippen molar-refractivity contribution in [2.24, 2.45) is 0 Å². The predicted octanol–water partition coefficient (Wildman–Crippen LogP) is 2.61. The number of aliphatic hydroxyl groups is 1. The van der Waals surface area contributed by atoms with Crippen LogP contribution < -0.4 is 10.6 Å². The van der Waals surface area contributed by atoms with E-state index >= 15 is 0 Å². The Balaban J connectivity index is 1.65. The number of hydrogen-bond acceptors (Lipinski definition) is 2.